The van der Waals surface area contributed by atoms with Crippen molar-refractivity contribution in [1.82, 2.24) is 9.80 Å². The molecule has 1 aliphatic heterocycles. The van der Waals surface area contributed by atoms with Crippen molar-refractivity contribution in [3.63, 3.8) is 0 Å². The Morgan fingerprint density at radius 3 is 2.45 bits per heavy atom. The number of rotatable bonds is 4. The van der Waals surface area contributed by atoms with E-state index < -0.39 is 0 Å². The van der Waals surface area contributed by atoms with E-state index in [-0.39, 0.29) is 5.54 Å². The molecule has 0 aromatic heterocycles. The second-order valence-electron chi connectivity index (χ2n) is 6.16. The normalized spacial score (nSPS) is 24.3. The number of nitrogens with zero attached hydrogens (tertiary/aromatic N) is 2. The molecule has 0 saturated carbocycles. The number of hydrogen-bond donors (Lipinski definition) is 0. The average molecular weight is 315 g/mol. The molecule has 0 spiro atoms. The lowest BCUT2D eigenvalue weighted by molar-refractivity contribution is 0.0493. The summed E-state index contributed by atoms with van der Waals surface area (Å²) in [6.07, 6.45) is 4.52. The summed E-state index contributed by atoms with van der Waals surface area (Å²) in [6, 6.07) is 5.76. The van der Waals surface area contributed by atoms with Crippen LogP contribution in [0.15, 0.2) is 18.2 Å². The van der Waals surface area contributed by atoms with E-state index in [4.69, 9.17) is 23.2 Å². The molecule has 1 aliphatic rings. The maximum atomic E-state index is 6.29. The van der Waals surface area contributed by atoms with Crippen LogP contribution in [0.1, 0.15) is 24.8 Å². The number of hydrogen-bond acceptors (Lipinski definition) is 2. The molecule has 1 fully saturated rings. The first-order chi connectivity index (χ1) is 9.44. The third-order valence-corrected chi connectivity index (χ3v) is 5.31. The fraction of sp³-hybridized carbons (Fsp3) is 0.625. The molecule has 112 valence electrons. The van der Waals surface area contributed by atoms with Gasteiger partial charge in [0.25, 0.3) is 0 Å². The first kappa shape index (κ1) is 16.1. The Hall–Kier alpha value is -0.280. The summed E-state index contributed by atoms with van der Waals surface area (Å²) in [6.45, 7) is 2.31. The highest BCUT2D eigenvalue weighted by atomic mass is 35.5. The Morgan fingerprint density at radius 2 is 1.90 bits per heavy atom. The van der Waals surface area contributed by atoms with Crippen LogP contribution >= 0.6 is 23.2 Å². The maximum Gasteiger partial charge on any atom is 0.0452 e. The second-order valence-corrected chi connectivity index (χ2v) is 6.97. The topological polar surface area (TPSA) is 6.48 Å². The van der Waals surface area contributed by atoms with Crippen LogP contribution in [0, 0.1) is 0 Å². The van der Waals surface area contributed by atoms with E-state index in [0.717, 1.165) is 35.0 Å². The highest BCUT2D eigenvalue weighted by molar-refractivity contribution is 6.35. The van der Waals surface area contributed by atoms with Gasteiger partial charge >= 0.3 is 0 Å². The molecule has 1 atom stereocenters. The quantitative estimate of drug-likeness (QED) is 0.830. The Morgan fingerprint density at radius 1 is 1.25 bits per heavy atom. The summed E-state index contributed by atoms with van der Waals surface area (Å²) in [5, 5.41) is 1.58. The zero-order chi connectivity index (χ0) is 14.8. The van der Waals surface area contributed by atoms with Gasteiger partial charge in [0.05, 0.1) is 0 Å². The highest BCUT2D eigenvalue weighted by Crippen LogP contribution is 2.33. The maximum absolute atomic E-state index is 6.29. The van der Waals surface area contributed by atoms with Gasteiger partial charge < -0.3 is 9.80 Å². The third-order valence-electron chi connectivity index (χ3n) is 4.60. The Kier molecular flexibility index (Phi) is 5.36. The first-order valence-electron chi connectivity index (χ1n) is 7.23. The van der Waals surface area contributed by atoms with E-state index in [2.05, 4.69) is 30.9 Å². The van der Waals surface area contributed by atoms with Gasteiger partial charge in [0.15, 0.2) is 0 Å². The van der Waals surface area contributed by atoms with Crippen LogP contribution in [-0.2, 0) is 6.42 Å². The van der Waals surface area contributed by atoms with Crippen LogP contribution in [0.3, 0.4) is 0 Å². The predicted octanol–water partition coefficient (Wildman–Crippen LogP) is 3.95. The van der Waals surface area contributed by atoms with Crippen molar-refractivity contribution in [3.05, 3.63) is 33.8 Å². The van der Waals surface area contributed by atoms with Gasteiger partial charge in [0.1, 0.15) is 0 Å². The van der Waals surface area contributed by atoms with Gasteiger partial charge in [0, 0.05) is 22.1 Å². The molecule has 0 bridgehead atoms. The van der Waals surface area contributed by atoms with Crippen LogP contribution in [0.25, 0.3) is 0 Å². The number of likely N-dealkylation sites (tertiary alicyclic amines) is 1. The lowest BCUT2D eigenvalue weighted by Gasteiger charge is -2.46. The summed E-state index contributed by atoms with van der Waals surface area (Å²) in [7, 11) is 6.58. The van der Waals surface area contributed by atoms with Crippen molar-refractivity contribution < 1.29 is 0 Å². The lowest BCUT2D eigenvalue weighted by atomic mass is 9.82. The van der Waals surface area contributed by atoms with Gasteiger partial charge in [-0.1, -0.05) is 29.3 Å². The highest BCUT2D eigenvalue weighted by Gasteiger charge is 2.36. The molecular weight excluding hydrogens is 291 g/mol. The number of likely N-dealkylation sites (N-methyl/N-ethyl adjacent to an activating group) is 2. The average Bonchev–Trinajstić information content (AvgIpc) is 2.38. The summed E-state index contributed by atoms with van der Waals surface area (Å²) in [5.74, 6) is 0. The second kappa shape index (κ2) is 6.65. The van der Waals surface area contributed by atoms with Crippen LogP contribution < -0.4 is 0 Å². The van der Waals surface area contributed by atoms with Crippen molar-refractivity contribution in [3.8, 4) is 0 Å². The van der Waals surface area contributed by atoms with Crippen molar-refractivity contribution in [1.29, 1.82) is 0 Å². The predicted molar refractivity (Wildman–Crippen MR) is 87.9 cm³/mol. The summed E-state index contributed by atoms with van der Waals surface area (Å²) < 4.78 is 0. The van der Waals surface area contributed by atoms with Crippen molar-refractivity contribution in [2.24, 2.45) is 0 Å². The standard InChI is InChI=1S/C16H24Cl2N2/c1-19(2)16(9-5-11-20(3)12-16)10-8-13-14(17)6-4-7-15(13)18/h4,6-7H,5,8-12H2,1-3H3/t16-/m1/s1. The molecule has 4 heteroatoms. The smallest absolute Gasteiger partial charge is 0.0452 e. The lowest BCUT2D eigenvalue weighted by Crippen LogP contribution is -2.55. The van der Waals surface area contributed by atoms with Crippen molar-refractivity contribution in [2.45, 2.75) is 31.2 Å². The minimum atomic E-state index is 0.232. The van der Waals surface area contributed by atoms with Gasteiger partial charge in [-0.3, -0.25) is 0 Å². The molecule has 0 amide bonds. The van der Waals surface area contributed by atoms with E-state index >= 15 is 0 Å². The molecule has 2 rings (SSSR count). The van der Waals surface area contributed by atoms with Gasteiger partial charge in [0.2, 0.25) is 0 Å². The van der Waals surface area contributed by atoms with Gasteiger partial charge in [-0.05, 0) is 71.1 Å². The third kappa shape index (κ3) is 3.48. The Labute approximate surface area is 132 Å². The van der Waals surface area contributed by atoms with E-state index in [1.165, 1.54) is 19.4 Å². The minimum Gasteiger partial charge on any atom is -0.305 e. The number of piperidine rings is 1. The molecule has 0 unspecified atom stereocenters. The minimum absolute atomic E-state index is 0.232. The van der Waals surface area contributed by atoms with Crippen LogP contribution in [0.4, 0.5) is 0 Å². The molecule has 0 radical (unpaired) electrons. The molecule has 1 heterocycles. The fourth-order valence-electron chi connectivity index (χ4n) is 3.26. The molecular formula is C16H24Cl2N2. The Balaban J connectivity index is 2.14. The zero-order valence-corrected chi connectivity index (χ0v) is 14.1. The SMILES string of the molecule is CN1CCC[C@](CCc2c(Cl)cccc2Cl)(N(C)C)C1. The molecule has 2 nitrogen and oxygen atoms in total. The van der Waals surface area contributed by atoms with E-state index in [1.54, 1.807) is 0 Å². The van der Waals surface area contributed by atoms with E-state index in [0.29, 0.717) is 0 Å². The molecule has 0 N–H and O–H groups in total. The summed E-state index contributed by atoms with van der Waals surface area (Å²) >= 11 is 12.6. The number of benzene rings is 1. The molecule has 20 heavy (non-hydrogen) atoms. The van der Waals surface area contributed by atoms with Crippen LogP contribution in [-0.4, -0.2) is 49.6 Å². The molecule has 1 aromatic carbocycles. The van der Waals surface area contributed by atoms with Gasteiger partial charge in [-0.2, -0.15) is 0 Å². The summed E-state index contributed by atoms with van der Waals surface area (Å²) in [5.41, 5.74) is 1.32. The fourth-order valence-corrected chi connectivity index (χ4v) is 3.85. The molecule has 1 saturated heterocycles. The van der Waals surface area contributed by atoms with Crippen LogP contribution in [0.5, 0.6) is 0 Å². The van der Waals surface area contributed by atoms with E-state index in [9.17, 15) is 0 Å². The summed E-state index contributed by atoms with van der Waals surface area (Å²) in [4.78, 5) is 4.81. The largest absolute Gasteiger partial charge is 0.305 e. The molecule has 0 aliphatic carbocycles. The molecule has 1 aromatic rings. The monoisotopic (exact) mass is 314 g/mol. The van der Waals surface area contributed by atoms with Crippen molar-refractivity contribution in [2.75, 3.05) is 34.2 Å². The number of halogens is 2. The zero-order valence-electron chi connectivity index (χ0n) is 12.6. The van der Waals surface area contributed by atoms with Gasteiger partial charge in [-0.25, -0.2) is 0 Å². The first-order valence-corrected chi connectivity index (χ1v) is 7.99. The van der Waals surface area contributed by atoms with E-state index in [1.807, 2.05) is 18.2 Å². The van der Waals surface area contributed by atoms with Crippen molar-refractivity contribution >= 4 is 23.2 Å². The Bertz CT molecular complexity index is 442. The van der Waals surface area contributed by atoms with Gasteiger partial charge in [-0.15, -0.1) is 0 Å². The van der Waals surface area contributed by atoms with Crippen LogP contribution in [0.2, 0.25) is 10.0 Å².